The Labute approximate surface area is 112 Å². The van der Waals surface area contributed by atoms with E-state index in [0.29, 0.717) is 23.6 Å². The molecule has 2 aromatic rings. The molecule has 19 heavy (non-hydrogen) atoms. The van der Waals surface area contributed by atoms with Crippen LogP contribution in [0.3, 0.4) is 0 Å². The number of aromatic nitrogens is 2. The number of aryl methyl sites for hydroxylation is 1. The lowest BCUT2D eigenvalue weighted by atomic mass is 10.1. The van der Waals surface area contributed by atoms with Gasteiger partial charge in [0.15, 0.2) is 0 Å². The van der Waals surface area contributed by atoms with Crippen LogP contribution in [-0.2, 0) is 17.9 Å². The average Bonchev–Trinajstić information content (AvgIpc) is 2.69. The van der Waals surface area contributed by atoms with Gasteiger partial charge in [0.1, 0.15) is 23.1 Å². The van der Waals surface area contributed by atoms with Gasteiger partial charge in [0.2, 0.25) is 0 Å². The van der Waals surface area contributed by atoms with Crippen molar-refractivity contribution in [1.29, 1.82) is 5.26 Å². The Kier molecular flexibility index (Phi) is 3.83. The maximum Gasteiger partial charge on any atom is 0.140 e. The zero-order valence-corrected chi connectivity index (χ0v) is 11.1. The molecule has 0 aliphatic heterocycles. The molecule has 2 N–H and O–H groups in total. The summed E-state index contributed by atoms with van der Waals surface area (Å²) in [4.78, 5) is 0. The van der Waals surface area contributed by atoms with Crippen LogP contribution in [0.4, 0.5) is 5.82 Å². The van der Waals surface area contributed by atoms with Gasteiger partial charge in [-0.1, -0.05) is 24.3 Å². The van der Waals surface area contributed by atoms with Crippen LogP contribution < -0.4 is 5.73 Å². The Hall–Kier alpha value is -2.32. The zero-order valence-electron chi connectivity index (χ0n) is 11.1. The molecular weight excluding hydrogens is 240 g/mol. The summed E-state index contributed by atoms with van der Waals surface area (Å²) in [6.07, 6.45) is 0. The van der Waals surface area contributed by atoms with E-state index in [-0.39, 0.29) is 6.61 Å². The molecule has 0 saturated carbocycles. The monoisotopic (exact) mass is 256 g/mol. The summed E-state index contributed by atoms with van der Waals surface area (Å²) in [7, 11) is 1.57. The van der Waals surface area contributed by atoms with Crippen molar-refractivity contribution in [2.24, 2.45) is 0 Å². The molecule has 0 aliphatic carbocycles. The summed E-state index contributed by atoms with van der Waals surface area (Å²) in [5.41, 5.74) is 9.24. The molecule has 0 atom stereocenters. The second-order valence-corrected chi connectivity index (χ2v) is 4.34. The van der Waals surface area contributed by atoms with Gasteiger partial charge in [0.25, 0.3) is 0 Å². The average molecular weight is 256 g/mol. The topological polar surface area (TPSA) is 76.9 Å². The summed E-state index contributed by atoms with van der Waals surface area (Å²) < 4.78 is 6.68. The number of rotatable bonds is 4. The van der Waals surface area contributed by atoms with Gasteiger partial charge >= 0.3 is 0 Å². The predicted octanol–water partition coefficient (Wildman–Crippen LogP) is 1.84. The first-order valence-corrected chi connectivity index (χ1v) is 5.96. The second kappa shape index (κ2) is 5.55. The number of methoxy groups -OCH3 is 1. The number of hydrogen-bond donors (Lipinski definition) is 1. The lowest BCUT2D eigenvalue weighted by Gasteiger charge is -2.07. The number of anilines is 1. The SMILES string of the molecule is COCc1nn(Cc2ccccc2C)c(N)c1C#N. The Balaban J connectivity index is 2.36. The van der Waals surface area contributed by atoms with Crippen molar-refractivity contribution in [3.8, 4) is 6.07 Å². The third-order valence-electron chi connectivity index (χ3n) is 3.04. The first kappa shape index (κ1) is 13.1. The molecule has 0 spiro atoms. The second-order valence-electron chi connectivity index (χ2n) is 4.34. The normalized spacial score (nSPS) is 10.4. The highest BCUT2D eigenvalue weighted by molar-refractivity contribution is 5.52. The van der Waals surface area contributed by atoms with E-state index in [2.05, 4.69) is 11.2 Å². The first-order valence-electron chi connectivity index (χ1n) is 5.96. The van der Waals surface area contributed by atoms with Crippen molar-refractivity contribution in [1.82, 2.24) is 9.78 Å². The first-order chi connectivity index (χ1) is 9.17. The highest BCUT2D eigenvalue weighted by Crippen LogP contribution is 2.19. The standard InChI is InChI=1S/C14H16N4O/c1-10-5-3-4-6-11(10)8-18-14(16)12(7-15)13(17-18)9-19-2/h3-6H,8-9,16H2,1-2H3. The maximum atomic E-state index is 9.12. The Morgan fingerprint density at radius 2 is 2.16 bits per heavy atom. The molecule has 1 aromatic carbocycles. The molecular formula is C14H16N4O. The molecule has 0 bridgehead atoms. The molecule has 0 unspecified atom stereocenters. The van der Waals surface area contributed by atoms with Crippen LogP contribution in [0.25, 0.3) is 0 Å². The van der Waals surface area contributed by atoms with Crippen LogP contribution in [0.15, 0.2) is 24.3 Å². The molecule has 0 saturated heterocycles. The highest BCUT2D eigenvalue weighted by atomic mass is 16.5. The number of hydrogen-bond acceptors (Lipinski definition) is 4. The van der Waals surface area contributed by atoms with Gasteiger partial charge in [-0.3, -0.25) is 0 Å². The van der Waals surface area contributed by atoms with Crippen molar-refractivity contribution < 1.29 is 4.74 Å². The number of nitrogens with zero attached hydrogens (tertiary/aromatic N) is 3. The summed E-state index contributed by atoms with van der Waals surface area (Å²) in [5.74, 6) is 0.387. The van der Waals surface area contributed by atoms with Crippen molar-refractivity contribution in [2.75, 3.05) is 12.8 Å². The summed E-state index contributed by atoms with van der Waals surface area (Å²) in [5, 5.41) is 13.5. The predicted molar refractivity (Wildman–Crippen MR) is 72.3 cm³/mol. The van der Waals surface area contributed by atoms with E-state index >= 15 is 0 Å². The molecule has 98 valence electrons. The van der Waals surface area contributed by atoms with Gasteiger partial charge in [-0.25, -0.2) is 4.68 Å². The third kappa shape index (κ3) is 2.59. The number of nitrogen functional groups attached to an aromatic ring is 1. The van der Waals surface area contributed by atoms with Gasteiger partial charge in [-0.05, 0) is 18.1 Å². The smallest absolute Gasteiger partial charge is 0.140 e. The van der Waals surface area contributed by atoms with E-state index in [1.807, 2.05) is 31.2 Å². The van der Waals surface area contributed by atoms with E-state index in [9.17, 15) is 0 Å². The fourth-order valence-electron chi connectivity index (χ4n) is 1.96. The van der Waals surface area contributed by atoms with Crippen LogP contribution in [0.2, 0.25) is 0 Å². The zero-order chi connectivity index (χ0) is 13.8. The quantitative estimate of drug-likeness (QED) is 0.905. The molecule has 0 aliphatic rings. The van der Waals surface area contributed by atoms with Crippen LogP contribution in [0.1, 0.15) is 22.4 Å². The van der Waals surface area contributed by atoms with Crippen molar-refractivity contribution >= 4 is 5.82 Å². The van der Waals surface area contributed by atoms with E-state index < -0.39 is 0 Å². The van der Waals surface area contributed by atoms with Gasteiger partial charge in [-0.2, -0.15) is 10.4 Å². The fraction of sp³-hybridized carbons (Fsp3) is 0.286. The molecule has 1 heterocycles. The summed E-state index contributed by atoms with van der Waals surface area (Å²) in [6.45, 7) is 2.88. The molecule has 0 fully saturated rings. The van der Waals surface area contributed by atoms with E-state index in [0.717, 1.165) is 5.56 Å². The maximum absolute atomic E-state index is 9.12. The summed E-state index contributed by atoms with van der Waals surface area (Å²) in [6, 6.07) is 10.1. The van der Waals surface area contributed by atoms with Crippen LogP contribution >= 0.6 is 0 Å². The lowest BCUT2D eigenvalue weighted by Crippen LogP contribution is -2.07. The van der Waals surface area contributed by atoms with Crippen molar-refractivity contribution in [2.45, 2.75) is 20.1 Å². The van der Waals surface area contributed by atoms with Crippen LogP contribution in [0, 0.1) is 18.3 Å². The largest absolute Gasteiger partial charge is 0.383 e. The minimum absolute atomic E-state index is 0.286. The van der Waals surface area contributed by atoms with Gasteiger partial charge < -0.3 is 10.5 Å². The lowest BCUT2D eigenvalue weighted by molar-refractivity contribution is 0.180. The number of nitrogens with two attached hydrogens (primary N) is 1. The molecule has 0 radical (unpaired) electrons. The van der Waals surface area contributed by atoms with E-state index in [4.69, 9.17) is 15.7 Å². The van der Waals surface area contributed by atoms with Gasteiger partial charge in [-0.15, -0.1) is 0 Å². The molecule has 5 heteroatoms. The van der Waals surface area contributed by atoms with Gasteiger partial charge in [0, 0.05) is 7.11 Å². The number of nitriles is 1. The van der Waals surface area contributed by atoms with Crippen molar-refractivity contribution in [3.63, 3.8) is 0 Å². The summed E-state index contributed by atoms with van der Waals surface area (Å²) >= 11 is 0. The van der Waals surface area contributed by atoms with E-state index in [1.54, 1.807) is 11.8 Å². The Morgan fingerprint density at radius 1 is 1.42 bits per heavy atom. The minimum atomic E-state index is 0.286. The minimum Gasteiger partial charge on any atom is -0.383 e. The molecule has 5 nitrogen and oxygen atoms in total. The molecule has 1 aromatic heterocycles. The number of ether oxygens (including phenoxy) is 1. The van der Waals surface area contributed by atoms with Gasteiger partial charge in [0.05, 0.1) is 13.2 Å². The van der Waals surface area contributed by atoms with E-state index in [1.165, 1.54) is 5.56 Å². The number of benzene rings is 1. The Morgan fingerprint density at radius 3 is 2.79 bits per heavy atom. The van der Waals surface area contributed by atoms with Crippen LogP contribution in [0.5, 0.6) is 0 Å². The molecule has 0 amide bonds. The Bertz CT molecular complexity index is 625. The van der Waals surface area contributed by atoms with Crippen LogP contribution in [-0.4, -0.2) is 16.9 Å². The van der Waals surface area contributed by atoms with Crippen molar-refractivity contribution in [3.05, 3.63) is 46.6 Å². The fourth-order valence-corrected chi connectivity index (χ4v) is 1.96. The highest BCUT2D eigenvalue weighted by Gasteiger charge is 2.15. The molecule has 2 rings (SSSR count). The third-order valence-corrected chi connectivity index (χ3v) is 3.04.